The first-order chi connectivity index (χ1) is 11.3. The maximum atomic E-state index is 11.5. The fourth-order valence-corrected chi connectivity index (χ4v) is 3.43. The summed E-state index contributed by atoms with van der Waals surface area (Å²) in [6.07, 6.45) is 6.29. The second-order valence-electron chi connectivity index (χ2n) is 6.09. The first-order valence-corrected chi connectivity index (χ1v) is 7.98. The molecule has 1 atom stereocenters. The molecule has 1 spiro atoms. The average Bonchev–Trinajstić information content (AvgIpc) is 2.95. The van der Waals surface area contributed by atoms with Crippen molar-refractivity contribution in [3.63, 3.8) is 0 Å². The molecule has 2 aromatic rings. The number of carbonyl (C=O) groups is 1. The Balaban J connectivity index is 1.57. The van der Waals surface area contributed by atoms with Crippen molar-refractivity contribution < 1.29 is 14.3 Å². The Hall–Kier alpha value is -2.55. The van der Waals surface area contributed by atoms with Crippen LogP contribution in [-0.4, -0.2) is 5.97 Å². The van der Waals surface area contributed by atoms with Gasteiger partial charge >= 0.3 is 5.97 Å². The molecule has 0 N–H and O–H groups in total. The molecule has 0 saturated carbocycles. The molecule has 3 heteroatoms. The highest BCUT2D eigenvalue weighted by molar-refractivity contribution is 5.85. The molecule has 2 aromatic carbocycles. The minimum absolute atomic E-state index is 0.248. The maximum Gasteiger partial charge on any atom is 0.331 e. The van der Waals surface area contributed by atoms with Gasteiger partial charge in [0.05, 0.1) is 0 Å². The van der Waals surface area contributed by atoms with Crippen molar-refractivity contribution in [3.05, 3.63) is 77.4 Å². The summed E-state index contributed by atoms with van der Waals surface area (Å²) >= 11 is 0. The Morgan fingerprint density at radius 3 is 2.78 bits per heavy atom. The van der Waals surface area contributed by atoms with E-state index in [9.17, 15) is 4.79 Å². The molecule has 0 aromatic heterocycles. The summed E-state index contributed by atoms with van der Waals surface area (Å²) in [5, 5.41) is 0. The van der Waals surface area contributed by atoms with E-state index >= 15 is 0 Å². The quantitative estimate of drug-likeness (QED) is 0.807. The van der Waals surface area contributed by atoms with Gasteiger partial charge in [-0.2, -0.15) is 0 Å². The standard InChI is InChI=1S/C20H18O3/c21-19-10-12-20(23-19)11-4-7-16-13-17(8-9-18(16)20)22-14-15-5-2-1-3-6-15/h1-3,5-6,8-10,12-13H,4,7,11,14H2. The SMILES string of the molecule is O=C1C=CC2(CCCc3cc(OCc4ccccc4)ccc32)O1. The van der Waals surface area contributed by atoms with Crippen LogP contribution in [0.25, 0.3) is 0 Å². The largest absolute Gasteiger partial charge is 0.489 e. The monoisotopic (exact) mass is 306 g/mol. The molecule has 1 heterocycles. The zero-order chi connectivity index (χ0) is 15.7. The van der Waals surface area contributed by atoms with Gasteiger partial charge in [0, 0.05) is 11.6 Å². The topological polar surface area (TPSA) is 35.5 Å². The van der Waals surface area contributed by atoms with Crippen LogP contribution in [0.2, 0.25) is 0 Å². The molecule has 1 aliphatic heterocycles. The second-order valence-corrected chi connectivity index (χ2v) is 6.09. The highest BCUT2D eigenvalue weighted by Gasteiger charge is 2.41. The van der Waals surface area contributed by atoms with Crippen LogP contribution in [0.15, 0.2) is 60.7 Å². The zero-order valence-corrected chi connectivity index (χ0v) is 12.8. The van der Waals surface area contributed by atoms with Gasteiger partial charge in [-0.25, -0.2) is 4.79 Å². The molecule has 0 saturated heterocycles. The number of rotatable bonds is 3. The summed E-state index contributed by atoms with van der Waals surface area (Å²) in [6, 6.07) is 16.2. The van der Waals surface area contributed by atoms with E-state index in [-0.39, 0.29) is 5.97 Å². The first kappa shape index (κ1) is 14.1. The van der Waals surface area contributed by atoms with Gasteiger partial charge in [-0.3, -0.25) is 0 Å². The molecule has 3 nitrogen and oxygen atoms in total. The van der Waals surface area contributed by atoms with E-state index in [1.54, 1.807) is 0 Å². The average molecular weight is 306 g/mol. The Morgan fingerprint density at radius 1 is 1.13 bits per heavy atom. The van der Waals surface area contributed by atoms with Crippen LogP contribution < -0.4 is 4.74 Å². The molecular formula is C20H18O3. The second kappa shape index (κ2) is 5.58. The van der Waals surface area contributed by atoms with Gasteiger partial charge in [0.15, 0.2) is 5.60 Å². The van der Waals surface area contributed by atoms with E-state index < -0.39 is 5.60 Å². The van der Waals surface area contributed by atoms with E-state index in [1.165, 1.54) is 11.6 Å². The molecule has 23 heavy (non-hydrogen) atoms. The zero-order valence-electron chi connectivity index (χ0n) is 12.8. The summed E-state index contributed by atoms with van der Waals surface area (Å²) < 4.78 is 11.5. The van der Waals surface area contributed by atoms with Gasteiger partial charge in [0.2, 0.25) is 0 Å². The van der Waals surface area contributed by atoms with E-state index in [0.29, 0.717) is 6.61 Å². The lowest BCUT2D eigenvalue weighted by Crippen LogP contribution is -2.30. The lowest BCUT2D eigenvalue weighted by atomic mass is 9.79. The van der Waals surface area contributed by atoms with Crippen molar-refractivity contribution in [2.75, 3.05) is 0 Å². The summed E-state index contributed by atoms with van der Waals surface area (Å²) in [5.41, 5.74) is 2.90. The number of hydrogen-bond acceptors (Lipinski definition) is 3. The smallest absolute Gasteiger partial charge is 0.331 e. The fourth-order valence-electron chi connectivity index (χ4n) is 3.43. The number of ether oxygens (including phenoxy) is 2. The maximum absolute atomic E-state index is 11.5. The number of esters is 1. The number of fused-ring (bicyclic) bond motifs is 2. The molecule has 0 amide bonds. The third kappa shape index (κ3) is 2.63. The molecule has 1 unspecified atom stereocenters. The van der Waals surface area contributed by atoms with Crippen LogP contribution in [0.5, 0.6) is 5.75 Å². The van der Waals surface area contributed by atoms with Crippen molar-refractivity contribution in [1.29, 1.82) is 0 Å². The van der Waals surface area contributed by atoms with Crippen molar-refractivity contribution in [3.8, 4) is 5.75 Å². The van der Waals surface area contributed by atoms with Crippen LogP contribution in [0, 0.1) is 0 Å². The molecule has 0 radical (unpaired) electrons. The first-order valence-electron chi connectivity index (χ1n) is 7.98. The van der Waals surface area contributed by atoms with E-state index in [0.717, 1.165) is 36.1 Å². The molecular weight excluding hydrogens is 288 g/mol. The van der Waals surface area contributed by atoms with Gasteiger partial charge < -0.3 is 9.47 Å². The highest BCUT2D eigenvalue weighted by Crippen LogP contribution is 2.43. The predicted octanol–water partition coefficient (Wildman–Crippen LogP) is 3.91. The number of benzene rings is 2. The van der Waals surface area contributed by atoms with Crippen LogP contribution >= 0.6 is 0 Å². The van der Waals surface area contributed by atoms with E-state index in [1.807, 2.05) is 36.4 Å². The number of aryl methyl sites for hydroxylation is 1. The molecule has 116 valence electrons. The van der Waals surface area contributed by atoms with Crippen LogP contribution in [0.1, 0.15) is 29.5 Å². The predicted molar refractivity (Wildman–Crippen MR) is 87.1 cm³/mol. The molecule has 2 aliphatic rings. The molecule has 0 bridgehead atoms. The summed E-state index contributed by atoms with van der Waals surface area (Å²) in [7, 11) is 0. The van der Waals surface area contributed by atoms with Crippen LogP contribution in [0.3, 0.4) is 0 Å². The normalized spacial score (nSPS) is 22.0. The van der Waals surface area contributed by atoms with E-state index in [2.05, 4.69) is 18.2 Å². The third-order valence-electron chi connectivity index (χ3n) is 4.55. The van der Waals surface area contributed by atoms with Gasteiger partial charge in [-0.15, -0.1) is 0 Å². The highest BCUT2D eigenvalue weighted by atomic mass is 16.6. The van der Waals surface area contributed by atoms with Crippen molar-refractivity contribution in [1.82, 2.24) is 0 Å². The summed E-state index contributed by atoms with van der Waals surface area (Å²) in [5.74, 6) is 0.611. The van der Waals surface area contributed by atoms with E-state index in [4.69, 9.17) is 9.47 Å². The molecule has 4 rings (SSSR count). The Morgan fingerprint density at radius 2 is 2.00 bits per heavy atom. The minimum Gasteiger partial charge on any atom is -0.489 e. The van der Waals surface area contributed by atoms with Gasteiger partial charge in [-0.1, -0.05) is 36.4 Å². The Kier molecular flexibility index (Phi) is 3.41. The molecule has 0 fully saturated rings. The van der Waals surface area contributed by atoms with Crippen molar-refractivity contribution >= 4 is 5.97 Å². The summed E-state index contributed by atoms with van der Waals surface area (Å²) in [6.45, 7) is 0.555. The fraction of sp³-hybridized carbons (Fsp3) is 0.250. The minimum atomic E-state index is -0.553. The summed E-state index contributed by atoms with van der Waals surface area (Å²) in [4.78, 5) is 11.5. The lowest BCUT2D eigenvalue weighted by molar-refractivity contribution is -0.147. The Labute approximate surface area is 135 Å². The number of hydrogen-bond donors (Lipinski definition) is 0. The van der Waals surface area contributed by atoms with Crippen molar-refractivity contribution in [2.45, 2.75) is 31.5 Å². The van der Waals surface area contributed by atoms with Crippen molar-refractivity contribution in [2.24, 2.45) is 0 Å². The number of carbonyl (C=O) groups excluding carboxylic acids is 1. The van der Waals surface area contributed by atoms with Gasteiger partial charge in [0.25, 0.3) is 0 Å². The van der Waals surface area contributed by atoms with Crippen LogP contribution in [0.4, 0.5) is 0 Å². The van der Waals surface area contributed by atoms with Gasteiger partial charge in [0.1, 0.15) is 12.4 Å². The van der Waals surface area contributed by atoms with Crippen LogP contribution in [-0.2, 0) is 28.2 Å². The van der Waals surface area contributed by atoms with Gasteiger partial charge in [-0.05, 0) is 48.6 Å². The molecule has 1 aliphatic carbocycles. The Bertz CT molecular complexity index is 764. The third-order valence-corrected chi connectivity index (χ3v) is 4.55. The lowest BCUT2D eigenvalue weighted by Gasteiger charge is -2.33.